The number of hydrogen-bond acceptors (Lipinski definition) is 3. The second-order valence-electron chi connectivity index (χ2n) is 4.28. The SMILES string of the molecule is COc1cccc(CN2CCCNCC2=O)c1F. The Morgan fingerprint density at radius 3 is 3.11 bits per heavy atom. The van der Waals surface area contributed by atoms with Crippen LogP contribution in [0.4, 0.5) is 4.39 Å². The van der Waals surface area contributed by atoms with E-state index in [1.165, 1.54) is 7.11 Å². The third-order valence-electron chi connectivity index (χ3n) is 3.03. The molecule has 1 heterocycles. The summed E-state index contributed by atoms with van der Waals surface area (Å²) in [6.45, 7) is 2.10. The van der Waals surface area contributed by atoms with Gasteiger partial charge >= 0.3 is 0 Å². The van der Waals surface area contributed by atoms with Crippen LogP contribution in [0, 0.1) is 5.82 Å². The van der Waals surface area contributed by atoms with Crippen molar-refractivity contribution in [2.24, 2.45) is 0 Å². The molecule has 18 heavy (non-hydrogen) atoms. The molecule has 0 atom stereocenters. The third kappa shape index (κ3) is 2.79. The number of carbonyl (C=O) groups is 1. The Kier molecular flexibility index (Phi) is 4.15. The summed E-state index contributed by atoms with van der Waals surface area (Å²) in [5, 5.41) is 3.04. The number of nitrogens with zero attached hydrogens (tertiary/aromatic N) is 1. The summed E-state index contributed by atoms with van der Waals surface area (Å²) < 4.78 is 18.9. The van der Waals surface area contributed by atoms with Crippen molar-refractivity contribution >= 4 is 5.91 Å². The molecule has 0 spiro atoms. The molecule has 1 amide bonds. The molecular weight excluding hydrogens is 235 g/mol. The fourth-order valence-electron chi connectivity index (χ4n) is 2.04. The topological polar surface area (TPSA) is 41.6 Å². The minimum Gasteiger partial charge on any atom is -0.494 e. The number of hydrogen-bond donors (Lipinski definition) is 1. The molecule has 0 saturated carbocycles. The first kappa shape index (κ1) is 12.8. The van der Waals surface area contributed by atoms with Crippen LogP contribution in [0.1, 0.15) is 12.0 Å². The van der Waals surface area contributed by atoms with Gasteiger partial charge in [-0.3, -0.25) is 4.79 Å². The second kappa shape index (κ2) is 5.82. The average molecular weight is 252 g/mol. The normalized spacial score (nSPS) is 16.6. The fraction of sp³-hybridized carbons (Fsp3) is 0.462. The molecule has 2 rings (SSSR count). The van der Waals surface area contributed by atoms with Crippen molar-refractivity contribution in [1.82, 2.24) is 10.2 Å². The number of ether oxygens (including phenoxy) is 1. The highest BCUT2D eigenvalue weighted by Crippen LogP contribution is 2.21. The van der Waals surface area contributed by atoms with E-state index in [0.717, 1.165) is 13.0 Å². The minimum atomic E-state index is -0.384. The number of amides is 1. The average Bonchev–Trinajstić information content (AvgIpc) is 2.57. The Morgan fingerprint density at radius 2 is 2.33 bits per heavy atom. The van der Waals surface area contributed by atoms with Gasteiger partial charge in [-0.05, 0) is 19.0 Å². The van der Waals surface area contributed by atoms with Crippen LogP contribution in [0.25, 0.3) is 0 Å². The van der Waals surface area contributed by atoms with Crippen molar-refractivity contribution in [3.05, 3.63) is 29.6 Å². The molecule has 0 radical (unpaired) electrons. The van der Waals surface area contributed by atoms with E-state index in [9.17, 15) is 9.18 Å². The van der Waals surface area contributed by atoms with Crippen LogP contribution in [0.3, 0.4) is 0 Å². The Bertz CT molecular complexity index is 437. The maximum absolute atomic E-state index is 14.0. The molecule has 0 unspecified atom stereocenters. The second-order valence-corrected chi connectivity index (χ2v) is 4.28. The lowest BCUT2D eigenvalue weighted by molar-refractivity contribution is -0.130. The largest absolute Gasteiger partial charge is 0.494 e. The molecular formula is C13H17FN2O2. The molecule has 1 N–H and O–H groups in total. The molecule has 1 aliphatic heterocycles. The minimum absolute atomic E-state index is 0.00900. The van der Waals surface area contributed by atoms with Crippen molar-refractivity contribution in [1.29, 1.82) is 0 Å². The first-order valence-corrected chi connectivity index (χ1v) is 6.02. The summed E-state index contributed by atoms with van der Waals surface area (Å²) in [7, 11) is 1.43. The maximum atomic E-state index is 14.0. The lowest BCUT2D eigenvalue weighted by atomic mass is 10.2. The first-order chi connectivity index (χ1) is 8.72. The van der Waals surface area contributed by atoms with Gasteiger partial charge in [0.15, 0.2) is 11.6 Å². The zero-order valence-corrected chi connectivity index (χ0v) is 10.4. The number of halogens is 1. The zero-order chi connectivity index (χ0) is 13.0. The number of nitrogens with one attached hydrogen (secondary N) is 1. The number of rotatable bonds is 3. The summed E-state index contributed by atoms with van der Waals surface area (Å²) >= 11 is 0. The molecule has 4 nitrogen and oxygen atoms in total. The Labute approximate surface area is 106 Å². The van der Waals surface area contributed by atoms with Crippen molar-refractivity contribution in [2.75, 3.05) is 26.7 Å². The van der Waals surface area contributed by atoms with Crippen molar-refractivity contribution in [3.63, 3.8) is 0 Å². The molecule has 0 aromatic heterocycles. The standard InChI is InChI=1S/C13H17FN2O2/c1-18-11-5-2-4-10(13(11)14)9-16-7-3-6-15-8-12(16)17/h2,4-5,15H,3,6-9H2,1H3. The van der Waals surface area contributed by atoms with Gasteiger partial charge in [-0.2, -0.15) is 0 Å². The lowest BCUT2D eigenvalue weighted by Gasteiger charge is -2.20. The predicted octanol–water partition coefficient (Wildman–Crippen LogP) is 1.16. The van der Waals surface area contributed by atoms with E-state index in [4.69, 9.17) is 4.74 Å². The van der Waals surface area contributed by atoms with Crippen LogP contribution >= 0.6 is 0 Å². The Morgan fingerprint density at radius 1 is 1.50 bits per heavy atom. The molecule has 1 aromatic carbocycles. The number of carbonyl (C=O) groups excluding carboxylic acids is 1. The third-order valence-corrected chi connectivity index (χ3v) is 3.03. The van der Waals surface area contributed by atoms with E-state index in [-0.39, 0.29) is 17.5 Å². The van der Waals surface area contributed by atoms with E-state index >= 15 is 0 Å². The van der Waals surface area contributed by atoms with Gasteiger partial charge in [0.2, 0.25) is 5.91 Å². The summed E-state index contributed by atoms with van der Waals surface area (Å²) in [5.41, 5.74) is 0.490. The van der Waals surface area contributed by atoms with Crippen LogP contribution in [0.15, 0.2) is 18.2 Å². The molecule has 98 valence electrons. The lowest BCUT2D eigenvalue weighted by Crippen LogP contribution is -2.34. The molecule has 0 aliphatic carbocycles. The van der Waals surface area contributed by atoms with Crippen LogP contribution in [-0.2, 0) is 11.3 Å². The number of benzene rings is 1. The van der Waals surface area contributed by atoms with Crippen LogP contribution in [0.5, 0.6) is 5.75 Å². The molecule has 0 bridgehead atoms. The van der Waals surface area contributed by atoms with E-state index in [1.807, 2.05) is 0 Å². The van der Waals surface area contributed by atoms with Crippen LogP contribution < -0.4 is 10.1 Å². The van der Waals surface area contributed by atoms with Gasteiger partial charge in [0.05, 0.1) is 13.7 Å². The van der Waals surface area contributed by atoms with Gasteiger partial charge in [-0.25, -0.2) is 4.39 Å². The van der Waals surface area contributed by atoms with E-state index in [2.05, 4.69) is 5.32 Å². The van der Waals surface area contributed by atoms with Crippen molar-refractivity contribution < 1.29 is 13.9 Å². The van der Waals surface area contributed by atoms with E-state index in [1.54, 1.807) is 23.1 Å². The highest BCUT2D eigenvalue weighted by Gasteiger charge is 2.18. The summed E-state index contributed by atoms with van der Waals surface area (Å²) in [6, 6.07) is 4.99. The molecule has 1 fully saturated rings. The summed E-state index contributed by atoms with van der Waals surface area (Å²) in [4.78, 5) is 13.5. The first-order valence-electron chi connectivity index (χ1n) is 6.02. The maximum Gasteiger partial charge on any atom is 0.236 e. The number of methoxy groups -OCH3 is 1. The van der Waals surface area contributed by atoms with E-state index < -0.39 is 0 Å². The van der Waals surface area contributed by atoms with Gasteiger partial charge < -0.3 is 15.0 Å². The smallest absolute Gasteiger partial charge is 0.236 e. The predicted molar refractivity (Wildman–Crippen MR) is 65.9 cm³/mol. The molecule has 1 aliphatic rings. The van der Waals surface area contributed by atoms with Gasteiger partial charge in [-0.1, -0.05) is 12.1 Å². The van der Waals surface area contributed by atoms with Gasteiger partial charge in [0, 0.05) is 18.7 Å². The van der Waals surface area contributed by atoms with E-state index in [0.29, 0.717) is 25.2 Å². The van der Waals surface area contributed by atoms with Gasteiger partial charge in [0.1, 0.15) is 0 Å². The molecule has 1 aromatic rings. The molecule has 1 saturated heterocycles. The zero-order valence-electron chi connectivity index (χ0n) is 10.4. The Balaban J connectivity index is 2.15. The monoisotopic (exact) mass is 252 g/mol. The highest BCUT2D eigenvalue weighted by molar-refractivity contribution is 5.78. The van der Waals surface area contributed by atoms with Gasteiger partial charge in [0.25, 0.3) is 0 Å². The fourth-order valence-corrected chi connectivity index (χ4v) is 2.04. The summed E-state index contributed by atoms with van der Waals surface area (Å²) in [6.07, 6.45) is 0.886. The van der Waals surface area contributed by atoms with Crippen LogP contribution in [0.2, 0.25) is 0 Å². The van der Waals surface area contributed by atoms with Crippen LogP contribution in [-0.4, -0.2) is 37.6 Å². The van der Waals surface area contributed by atoms with Gasteiger partial charge in [-0.15, -0.1) is 0 Å². The highest BCUT2D eigenvalue weighted by atomic mass is 19.1. The quantitative estimate of drug-likeness (QED) is 0.877. The van der Waals surface area contributed by atoms with Crippen molar-refractivity contribution in [2.45, 2.75) is 13.0 Å². The molecule has 5 heteroatoms. The summed E-state index contributed by atoms with van der Waals surface area (Å²) in [5.74, 6) is -0.160. The Hall–Kier alpha value is -1.62. The van der Waals surface area contributed by atoms with Crippen molar-refractivity contribution in [3.8, 4) is 5.75 Å².